The largest absolute Gasteiger partial charge is 0.454 e. The number of thiophene rings is 1. The van der Waals surface area contributed by atoms with Gasteiger partial charge in [-0.1, -0.05) is 194 Å². The van der Waals surface area contributed by atoms with Crippen LogP contribution < -0.4 is 9.80 Å². The molecule has 0 atom stereocenters. The minimum atomic E-state index is 0.850. The Morgan fingerprint density at radius 3 is 1.03 bits per heavy atom. The lowest BCUT2D eigenvalue weighted by Gasteiger charge is -2.28. The molecule has 0 saturated heterocycles. The van der Waals surface area contributed by atoms with Gasteiger partial charge in [0.15, 0.2) is 11.2 Å². The van der Waals surface area contributed by atoms with Crippen LogP contribution in [0.25, 0.3) is 108 Å². The molecule has 0 amide bonds. The molecule has 3 heterocycles. The Labute approximate surface area is 424 Å². The van der Waals surface area contributed by atoms with Gasteiger partial charge in [-0.2, -0.15) is 0 Å². The van der Waals surface area contributed by atoms with Crippen molar-refractivity contribution in [3.63, 3.8) is 0 Å². The van der Waals surface area contributed by atoms with Gasteiger partial charge in [0.2, 0.25) is 0 Å². The van der Waals surface area contributed by atoms with E-state index in [2.05, 4.69) is 252 Å². The van der Waals surface area contributed by atoms with Crippen LogP contribution in [-0.2, 0) is 0 Å². The Balaban J connectivity index is 0.987. The van der Waals surface area contributed by atoms with Crippen molar-refractivity contribution in [3.8, 4) is 22.3 Å². The highest BCUT2D eigenvalue weighted by Gasteiger charge is 2.27. The maximum absolute atomic E-state index is 6.83. The molecule has 15 rings (SSSR count). The first-order valence-corrected chi connectivity index (χ1v) is 25.5. The fourth-order valence-electron chi connectivity index (χ4n) is 11.3. The van der Waals surface area contributed by atoms with E-state index in [1.54, 1.807) is 0 Å². The van der Waals surface area contributed by atoms with Gasteiger partial charge in [-0.25, -0.2) is 0 Å². The standard InChI is InChI=1S/C68H42N2O2S/c1-3-17-43(18-4-1)45-33-37-47(38-34-45)69(57-29-15-27-55-51-23-11-13-31-61(51)71-67(55)57)59-41-63-65(53-25-9-7-21-49(53)59)66-54-26-10-8-22-50(54)60(42-64(66)73-63)70(48-39-35-46(36-40-48)44-19-5-2-6-20-44)58-30-16-28-56-52-24-12-14-32-62(52)72-68(56)58/h1-42H. The quantitative estimate of drug-likeness (QED) is 0.152. The van der Waals surface area contributed by atoms with Crippen LogP contribution in [-0.4, -0.2) is 0 Å². The Morgan fingerprint density at radius 1 is 0.260 bits per heavy atom. The molecule has 0 aliphatic rings. The third-order valence-electron chi connectivity index (χ3n) is 14.6. The van der Waals surface area contributed by atoms with Crippen LogP contribution in [0.15, 0.2) is 264 Å². The van der Waals surface area contributed by atoms with E-state index in [9.17, 15) is 0 Å². The second-order valence-corrected chi connectivity index (χ2v) is 19.8. The number of fused-ring (bicyclic) bond motifs is 13. The zero-order valence-electron chi connectivity index (χ0n) is 39.4. The summed E-state index contributed by atoms with van der Waals surface area (Å²) in [6.45, 7) is 0. The van der Waals surface area contributed by atoms with E-state index < -0.39 is 0 Å². The van der Waals surface area contributed by atoms with Crippen LogP contribution >= 0.6 is 11.3 Å². The van der Waals surface area contributed by atoms with Crippen LogP contribution in [0.2, 0.25) is 0 Å². The first-order chi connectivity index (χ1) is 36.2. The Kier molecular flexibility index (Phi) is 9.41. The lowest BCUT2D eigenvalue weighted by atomic mass is 9.96. The summed E-state index contributed by atoms with van der Waals surface area (Å²) >= 11 is 1.85. The maximum atomic E-state index is 6.83. The second kappa shape index (κ2) is 16.6. The first-order valence-electron chi connectivity index (χ1n) is 24.7. The highest BCUT2D eigenvalue weighted by atomic mass is 32.1. The van der Waals surface area contributed by atoms with Gasteiger partial charge in [0.25, 0.3) is 0 Å². The molecule has 15 aromatic rings. The topological polar surface area (TPSA) is 32.8 Å². The number of benzene rings is 12. The molecule has 0 aliphatic carbocycles. The van der Waals surface area contributed by atoms with Crippen molar-refractivity contribution >= 4 is 131 Å². The lowest BCUT2D eigenvalue weighted by Crippen LogP contribution is -2.11. The second-order valence-electron chi connectivity index (χ2n) is 18.7. The van der Waals surface area contributed by atoms with Crippen LogP contribution in [0, 0.1) is 0 Å². The molecular weight excluding hydrogens is 909 g/mol. The van der Waals surface area contributed by atoms with E-state index in [0.29, 0.717) is 0 Å². The molecule has 0 spiro atoms. The zero-order valence-corrected chi connectivity index (χ0v) is 40.2. The van der Waals surface area contributed by atoms with Crippen molar-refractivity contribution in [1.82, 2.24) is 0 Å². The summed E-state index contributed by atoms with van der Waals surface area (Å²) in [6.07, 6.45) is 0. The van der Waals surface area contributed by atoms with E-state index in [1.165, 1.54) is 42.1 Å². The van der Waals surface area contributed by atoms with Gasteiger partial charge in [-0.3, -0.25) is 0 Å². The molecule has 0 aliphatic heterocycles. The van der Waals surface area contributed by atoms with Crippen molar-refractivity contribution in [1.29, 1.82) is 0 Å². The number of furan rings is 2. The Morgan fingerprint density at radius 2 is 0.603 bits per heavy atom. The fourth-order valence-corrected chi connectivity index (χ4v) is 12.5. The molecular formula is C68H42N2O2S. The van der Waals surface area contributed by atoms with Crippen LogP contribution in [0.3, 0.4) is 0 Å². The molecule has 4 nitrogen and oxygen atoms in total. The molecule has 73 heavy (non-hydrogen) atoms. The molecule has 0 radical (unpaired) electrons. The molecule has 0 unspecified atom stereocenters. The lowest BCUT2D eigenvalue weighted by molar-refractivity contribution is 0.669. The number of anilines is 6. The van der Waals surface area contributed by atoms with E-state index >= 15 is 0 Å². The summed E-state index contributed by atoms with van der Waals surface area (Å²) in [4.78, 5) is 4.81. The summed E-state index contributed by atoms with van der Waals surface area (Å²) in [5.41, 5.74) is 14.3. The summed E-state index contributed by atoms with van der Waals surface area (Å²) in [6, 6.07) is 91.5. The van der Waals surface area contributed by atoms with Crippen molar-refractivity contribution in [2.45, 2.75) is 0 Å². The summed E-state index contributed by atoms with van der Waals surface area (Å²) in [5.74, 6) is 0. The molecule has 0 saturated carbocycles. The van der Waals surface area contributed by atoms with Crippen LogP contribution in [0.4, 0.5) is 34.1 Å². The normalized spacial score (nSPS) is 11.8. The van der Waals surface area contributed by atoms with Crippen molar-refractivity contribution in [2.24, 2.45) is 0 Å². The minimum Gasteiger partial charge on any atom is -0.454 e. The predicted octanol–water partition coefficient (Wildman–Crippen LogP) is 20.4. The SMILES string of the molecule is c1ccc(-c2ccc(N(c3cc4sc5cc(N(c6ccc(-c7ccccc7)cc6)c6cccc7c6oc6ccccc67)c6ccccc6c5c4c4ccccc34)c3cccc4c3oc3ccccc34)cc2)cc1. The average Bonchev–Trinajstić information content (AvgIpc) is 4.16. The van der Waals surface area contributed by atoms with E-state index in [1.807, 2.05) is 23.5 Å². The van der Waals surface area contributed by atoms with Gasteiger partial charge in [0.1, 0.15) is 11.2 Å². The highest BCUT2D eigenvalue weighted by Crippen LogP contribution is 2.53. The molecule has 12 aromatic carbocycles. The zero-order chi connectivity index (χ0) is 48.0. The minimum absolute atomic E-state index is 0.850. The molecule has 342 valence electrons. The van der Waals surface area contributed by atoms with Gasteiger partial charge in [0.05, 0.1) is 22.7 Å². The number of para-hydroxylation sites is 4. The number of nitrogens with zero attached hydrogens (tertiary/aromatic N) is 2. The number of hydrogen-bond acceptors (Lipinski definition) is 5. The van der Waals surface area contributed by atoms with E-state index in [-0.39, 0.29) is 0 Å². The third-order valence-corrected chi connectivity index (χ3v) is 15.7. The third kappa shape index (κ3) is 6.60. The fraction of sp³-hybridized carbons (Fsp3) is 0. The van der Waals surface area contributed by atoms with Gasteiger partial charge in [-0.15, -0.1) is 11.3 Å². The van der Waals surface area contributed by atoms with Gasteiger partial charge in [-0.05, 0) is 93.7 Å². The summed E-state index contributed by atoms with van der Waals surface area (Å²) < 4.78 is 16.1. The van der Waals surface area contributed by atoms with Crippen molar-refractivity contribution < 1.29 is 8.83 Å². The van der Waals surface area contributed by atoms with E-state index in [4.69, 9.17) is 8.83 Å². The highest BCUT2D eigenvalue weighted by molar-refractivity contribution is 7.26. The molecule has 0 N–H and O–H groups in total. The average molecular weight is 951 g/mol. The summed E-state index contributed by atoms with van der Waals surface area (Å²) in [7, 11) is 0. The monoisotopic (exact) mass is 950 g/mol. The smallest absolute Gasteiger partial charge is 0.159 e. The maximum Gasteiger partial charge on any atom is 0.159 e. The predicted molar refractivity (Wildman–Crippen MR) is 309 cm³/mol. The van der Waals surface area contributed by atoms with Crippen LogP contribution in [0.1, 0.15) is 0 Å². The van der Waals surface area contributed by atoms with Gasteiger partial charge >= 0.3 is 0 Å². The van der Waals surface area contributed by atoms with Crippen molar-refractivity contribution in [2.75, 3.05) is 9.80 Å². The van der Waals surface area contributed by atoms with Gasteiger partial charge < -0.3 is 18.6 Å². The van der Waals surface area contributed by atoms with Crippen LogP contribution in [0.5, 0.6) is 0 Å². The Hall–Kier alpha value is -9.42. The number of rotatable bonds is 8. The Bertz CT molecular complexity index is 4320. The molecule has 5 heteroatoms. The van der Waals surface area contributed by atoms with Gasteiger partial charge in [0, 0.05) is 63.9 Å². The summed E-state index contributed by atoms with van der Waals surface area (Å²) in [5, 5.41) is 11.6. The first kappa shape index (κ1) is 41.4. The molecule has 0 fully saturated rings. The molecule has 3 aromatic heterocycles. The molecule has 0 bridgehead atoms. The van der Waals surface area contributed by atoms with Crippen molar-refractivity contribution in [3.05, 3.63) is 255 Å². The number of hydrogen-bond donors (Lipinski definition) is 0. The van der Waals surface area contributed by atoms with E-state index in [0.717, 1.165) is 99.9 Å².